The molecular weight excluding hydrogens is 240 g/mol. The highest BCUT2D eigenvalue weighted by Crippen LogP contribution is 2.30. The fourth-order valence-corrected chi connectivity index (χ4v) is 2.73. The van der Waals surface area contributed by atoms with E-state index < -0.39 is 0 Å². The number of carbonyl (C=O) groups excluding carboxylic acids is 2. The smallest absolute Gasteiger partial charge is 0.211 e. The maximum atomic E-state index is 10.4. The topological polar surface area (TPSA) is 58.9 Å². The third kappa shape index (κ3) is 3.72. The molecule has 1 aromatic rings. The van der Waals surface area contributed by atoms with Crippen LogP contribution in [0.3, 0.4) is 0 Å². The largest absolute Gasteiger partial charge is 0.240 e. The molecule has 2 rings (SSSR count). The van der Waals surface area contributed by atoms with Crippen molar-refractivity contribution in [1.29, 1.82) is 0 Å². The number of aliphatic imine (C=N–C) groups is 2. The summed E-state index contributed by atoms with van der Waals surface area (Å²) in [5.74, 6) is 0.413. The molecule has 1 aliphatic carbocycles. The SMILES string of the molecule is O=C=Nc1ccc(CC2CCCCC2N=C=O)cc1. The molecule has 0 amide bonds. The lowest BCUT2D eigenvalue weighted by Crippen LogP contribution is -2.24. The molecule has 0 heterocycles. The van der Waals surface area contributed by atoms with Crippen molar-refractivity contribution in [2.75, 3.05) is 0 Å². The molecule has 4 heteroatoms. The van der Waals surface area contributed by atoms with Gasteiger partial charge in [-0.1, -0.05) is 25.0 Å². The predicted octanol–water partition coefficient (Wildman–Crippen LogP) is 3.09. The van der Waals surface area contributed by atoms with E-state index in [0.717, 1.165) is 25.7 Å². The van der Waals surface area contributed by atoms with E-state index in [-0.39, 0.29) is 6.04 Å². The monoisotopic (exact) mass is 256 g/mol. The van der Waals surface area contributed by atoms with Gasteiger partial charge >= 0.3 is 0 Å². The Kier molecular flexibility index (Phi) is 4.79. The number of isocyanates is 2. The van der Waals surface area contributed by atoms with Crippen molar-refractivity contribution >= 4 is 17.8 Å². The van der Waals surface area contributed by atoms with E-state index in [9.17, 15) is 9.59 Å². The van der Waals surface area contributed by atoms with Gasteiger partial charge in [0.25, 0.3) is 0 Å². The average Bonchev–Trinajstić information content (AvgIpc) is 2.44. The third-order valence-corrected chi connectivity index (χ3v) is 3.70. The molecule has 1 aromatic carbocycles. The highest BCUT2D eigenvalue weighted by molar-refractivity contribution is 5.49. The van der Waals surface area contributed by atoms with E-state index in [1.165, 1.54) is 18.1 Å². The second-order valence-electron chi connectivity index (χ2n) is 4.91. The van der Waals surface area contributed by atoms with Crippen LogP contribution in [0.25, 0.3) is 0 Å². The molecule has 1 aliphatic rings. The van der Waals surface area contributed by atoms with Crippen molar-refractivity contribution in [2.24, 2.45) is 15.9 Å². The molecule has 0 N–H and O–H groups in total. The van der Waals surface area contributed by atoms with Crippen LogP contribution in [0.2, 0.25) is 0 Å². The standard InChI is InChI=1S/C15H16N2O2/c18-10-16-14-7-5-12(6-8-14)9-13-3-1-2-4-15(13)17-11-19/h5-8,13,15H,1-4,9H2. The summed E-state index contributed by atoms with van der Waals surface area (Å²) in [6.45, 7) is 0. The summed E-state index contributed by atoms with van der Waals surface area (Å²) in [6.07, 6.45) is 8.54. The van der Waals surface area contributed by atoms with Crippen molar-refractivity contribution in [3.05, 3.63) is 29.8 Å². The summed E-state index contributed by atoms with van der Waals surface area (Å²) in [7, 11) is 0. The highest BCUT2D eigenvalue weighted by atomic mass is 16.1. The molecule has 1 saturated carbocycles. The van der Waals surface area contributed by atoms with Crippen LogP contribution in [-0.2, 0) is 16.0 Å². The first kappa shape index (κ1) is 13.4. The van der Waals surface area contributed by atoms with Crippen LogP contribution in [0.4, 0.5) is 5.69 Å². The molecule has 2 unspecified atom stereocenters. The van der Waals surface area contributed by atoms with E-state index in [1.54, 1.807) is 18.2 Å². The van der Waals surface area contributed by atoms with Crippen molar-refractivity contribution < 1.29 is 9.59 Å². The fraction of sp³-hybridized carbons (Fsp3) is 0.467. The Morgan fingerprint density at radius 2 is 1.79 bits per heavy atom. The highest BCUT2D eigenvalue weighted by Gasteiger charge is 2.24. The molecule has 19 heavy (non-hydrogen) atoms. The van der Waals surface area contributed by atoms with Gasteiger partial charge in [0, 0.05) is 0 Å². The quantitative estimate of drug-likeness (QED) is 0.614. The van der Waals surface area contributed by atoms with Gasteiger partial charge in [-0.3, -0.25) is 0 Å². The van der Waals surface area contributed by atoms with Gasteiger partial charge < -0.3 is 0 Å². The Hall–Kier alpha value is -2.02. The number of rotatable bonds is 4. The van der Waals surface area contributed by atoms with Gasteiger partial charge in [0.15, 0.2) is 0 Å². The van der Waals surface area contributed by atoms with E-state index >= 15 is 0 Å². The minimum absolute atomic E-state index is 0.110. The molecule has 0 radical (unpaired) electrons. The maximum absolute atomic E-state index is 10.4. The fourth-order valence-electron chi connectivity index (χ4n) is 2.73. The molecule has 4 nitrogen and oxygen atoms in total. The molecule has 0 aliphatic heterocycles. The summed E-state index contributed by atoms with van der Waals surface area (Å²) >= 11 is 0. The number of hydrogen-bond donors (Lipinski definition) is 0. The number of hydrogen-bond acceptors (Lipinski definition) is 4. The van der Waals surface area contributed by atoms with Crippen LogP contribution in [0.5, 0.6) is 0 Å². The zero-order valence-corrected chi connectivity index (χ0v) is 10.7. The van der Waals surface area contributed by atoms with E-state index in [1.807, 2.05) is 12.1 Å². The van der Waals surface area contributed by atoms with Crippen LogP contribution < -0.4 is 0 Å². The van der Waals surface area contributed by atoms with Gasteiger partial charge in [-0.15, -0.1) is 0 Å². The minimum Gasteiger partial charge on any atom is -0.211 e. The van der Waals surface area contributed by atoms with Gasteiger partial charge in [-0.05, 0) is 42.9 Å². The Morgan fingerprint density at radius 1 is 1.05 bits per heavy atom. The van der Waals surface area contributed by atoms with Gasteiger partial charge in [0.1, 0.15) is 0 Å². The molecule has 2 atom stereocenters. The van der Waals surface area contributed by atoms with Crippen LogP contribution in [-0.4, -0.2) is 18.2 Å². The Labute approximate surface area is 112 Å². The predicted molar refractivity (Wildman–Crippen MR) is 71.8 cm³/mol. The molecule has 0 bridgehead atoms. The molecule has 0 spiro atoms. The molecule has 1 fully saturated rings. The lowest BCUT2D eigenvalue weighted by molar-refractivity contribution is 0.307. The van der Waals surface area contributed by atoms with Crippen LogP contribution >= 0.6 is 0 Å². The normalized spacial score (nSPS) is 22.1. The Balaban J connectivity index is 2.05. The average molecular weight is 256 g/mol. The van der Waals surface area contributed by atoms with Crippen LogP contribution in [0.1, 0.15) is 31.2 Å². The lowest BCUT2D eigenvalue weighted by Gasteiger charge is -2.27. The van der Waals surface area contributed by atoms with Gasteiger partial charge in [-0.25, -0.2) is 14.6 Å². The molecular formula is C15H16N2O2. The zero-order chi connectivity index (χ0) is 13.5. The van der Waals surface area contributed by atoms with E-state index in [4.69, 9.17) is 0 Å². The molecule has 0 saturated heterocycles. The van der Waals surface area contributed by atoms with Crippen molar-refractivity contribution in [3.63, 3.8) is 0 Å². The zero-order valence-electron chi connectivity index (χ0n) is 10.7. The summed E-state index contributed by atoms with van der Waals surface area (Å²) in [4.78, 5) is 28.1. The lowest BCUT2D eigenvalue weighted by atomic mass is 9.81. The van der Waals surface area contributed by atoms with Gasteiger partial charge in [-0.2, -0.15) is 4.99 Å². The Morgan fingerprint density at radius 3 is 2.47 bits per heavy atom. The minimum atomic E-state index is 0.110. The van der Waals surface area contributed by atoms with Gasteiger partial charge in [0.05, 0.1) is 11.7 Å². The first-order valence-corrected chi connectivity index (χ1v) is 6.57. The summed E-state index contributed by atoms with van der Waals surface area (Å²) < 4.78 is 0. The van der Waals surface area contributed by atoms with Crippen molar-refractivity contribution in [3.8, 4) is 0 Å². The van der Waals surface area contributed by atoms with Crippen molar-refractivity contribution in [1.82, 2.24) is 0 Å². The van der Waals surface area contributed by atoms with Crippen LogP contribution in [0, 0.1) is 5.92 Å². The van der Waals surface area contributed by atoms with Crippen molar-refractivity contribution in [2.45, 2.75) is 38.1 Å². The number of nitrogens with zero attached hydrogens (tertiary/aromatic N) is 2. The third-order valence-electron chi connectivity index (χ3n) is 3.70. The second kappa shape index (κ2) is 6.79. The second-order valence-corrected chi connectivity index (χ2v) is 4.91. The number of benzene rings is 1. The first-order chi connectivity index (χ1) is 9.33. The summed E-state index contributed by atoms with van der Waals surface area (Å²) in [5, 5.41) is 0. The summed E-state index contributed by atoms with van der Waals surface area (Å²) in [6, 6.07) is 7.65. The van der Waals surface area contributed by atoms with E-state index in [0.29, 0.717) is 11.6 Å². The Bertz CT molecular complexity index is 511. The summed E-state index contributed by atoms with van der Waals surface area (Å²) in [5.41, 5.74) is 1.80. The molecule has 0 aromatic heterocycles. The first-order valence-electron chi connectivity index (χ1n) is 6.57. The maximum Gasteiger partial charge on any atom is 0.240 e. The van der Waals surface area contributed by atoms with Gasteiger partial charge in [0.2, 0.25) is 12.2 Å². The van der Waals surface area contributed by atoms with E-state index in [2.05, 4.69) is 9.98 Å². The molecule has 98 valence electrons. The van der Waals surface area contributed by atoms with Crippen LogP contribution in [0.15, 0.2) is 34.3 Å².